The highest BCUT2D eigenvalue weighted by Crippen LogP contribution is 2.23. The summed E-state index contributed by atoms with van der Waals surface area (Å²) in [4.78, 5) is 29.4. The zero-order chi connectivity index (χ0) is 11.7. The zero-order valence-electron chi connectivity index (χ0n) is 8.97. The number of amides is 2. The number of nitrogens with two attached hydrogens (primary N) is 1. The van der Waals surface area contributed by atoms with Gasteiger partial charge in [0, 0.05) is 23.9 Å². The summed E-state index contributed by atoms with van der Waals surface area (Å²) in [5, 5.41) is 0.459. The van der Waals surface area contributed by atoms with E-state index in [-0.39, 0.29) is 17.7 Å². The van der Waals surface area contributed by atoms with Crippen molar-refractivity contribution in [3.63, 3.8) is 0 Å². The zero-order valence-corrected chi connectivity index (χ0v) is 9.79. The Hall–Kier alpha value is -1.43. The van der Waals surface area contributed by atoms with E-state index >= 15 is 0 Å². The minimum Gasteiger partial charge on any atom is -0.375 e. The highest BCUT2D eigenvalue weighted by atomic mass is 32.1. The summed E-state index contributed by atoms with van der Waals surface area (Å²) in [7, 11) is 0. The van der Waals surface area contributed by atoms with Gasteiger partial charge in [0.25, 0.3) is 0 Å². The van der Waals surface area contributed by atoms with Crippen molar-refractivity contribution < 1.29 is 9.59 Å². The molecule has 0 saturated carbocycles. The van der Waals surface area contributed by atoms with Crippen molar-refractivity contribution in [3.05, 3.63) is 11.1 Å². The molecule has 0 aliphatic carbocycles. The summed E-state index contributed by atoms with van der Waals surface area (Å²) in [6.45, 7) is 2.22. The summed E-state index contributed by atoms with van der Waals surface area (Å²) in [5.74, 6) is -0.0470. The SMILES string of the molecule is CC1CC(=O)N(Cc2cnc(N)s2)C(=O)C1. The highest BCUT2D eigenvalue weighted by Gasteiger charge is 2.30. The van der Waals surface area contributed by atoms with Crippen LogP contribution in [0.25, 0.3) is 0 Å². The number of hydrogen-bond acceptors (Lipinski definition) is 5. The molecule has 0 spiro atoms. The van der Waals surface area contributed by atoms with Gasteiger partial charge in [-0.15, -0.1) is 11.3 Å². The molecule has 0 aromatic carbocycles. The second-order valence-corrected chi connectivity index (χ2v) is 5.20. The summed E-state index contributed by atoms with van der Waals surface area (Å²) in [5.41, 5.74) is 5.49. The fourth-order valence-corrected chi connectivity index (χ4v) is 2.43. The van der Waals surface area contributed by atoms with E-state index in [2.05, 4.69) is 4.98 Å². The van der Waals surface area contributed by atoms with Crippen LogP contribution in [-0.4, -0.2) is 21.7 Å². The Bertz CT molecular complexity index is 411. The summed E-state index contributed by atoms with van der Waals surface area (Å²) < 4.78 is 0. The molecule has 1 aliphatic rings. The van der Waals surface area contributed by atoms with Crippen LogP contribution in [0, 0.1) is 5.92 Å². The largest absolute Gasteiger partial charge is 0.375 e. The molecule has 1 aliphatic heterocycles. The number of nitrogens with zero attached hydrogens (tertiary/aromatic N) is 2. The predicted octanol–water partition coefficient (Wildman–Crippen LogP) is 1.01. The molecule has 2 amide bonds. The van der Waals surface area contributed by atoms with Crippen molar-refractivity contribution in [1.82, 2.24) is 9.88 Å². The Morgan fingerprint density at radius 1 is 1.50 bits per heavy atom. The van der Waals surface area contributed by atoms with E-state index in [0.29, 0.717) is 24.5 Å². The van der Waals surface area contributed by atoms with Crippen LogP contribution in [0.3, 0.4) is 0 Å². The molecule has 2 rings (SSSR count). The fraction of sp³-hybridized carbons (Fsp3) is 0.500. The van der Waals surface area contributed by atoms with Crippen LogP contribution in [0.2, 0.25) is 0 Å². The lowest BCUT2D eigenvalue weighted by Crippen LogP contribution is -2.41. The second-order valence-electron chi connectivity index (χ2n) is 4.05. The Kier molecular flexibility index (Phi) is 2.91. The van der Waals surface area contributed by atoms with Crippen LogP contribution in [0.1, 0.15) is 24.6 Å². The van der Waals surface area contributed by atoms with E-state index in [1.807, 2.05) is 6.92 Å². The standard InChI is InChI=1S/C10H13N3O2S/c1-6-2-8(14)13(9(15)3-6)5-7-4-12-10(11)16-7/h4,6H,2-3,5H2,1H3,(H2,11,12). The average Bonchev–Trinajstić information content (AvgIpc) is 2.58. The topological polar surface area (TPSA) is 76.3 Å². The lowest BCUT2D eigenvalue weighted by Gasteiger charge is -2.27. The van der Waals surface area contributed by atoms with Gasteiger partial charge < -0.3 is 5.73 Å². The maximum absolute atomic E-state index is 11.7. The first-order valence-electron chi connectivity index (χ1n) is 5.09. The Morgan fingerprint density at radius 3 is 2.62 bits per heavy atom. The maximum Gasteiger partial charge on any atom is 0.229 e. The number of anilines is 1. The van der Waals surface area contributed by atoms with Crippen LogP contribution in [0.4, 0.5) is 5.13 Å². The lowest BCUT2D eigenvalue weighted by atomic mass is 9.98. The van der Waals surface area contributed by atoms with Gasteiger partial charge in [-0.05, 0) is 5.92 Å². The van der Waals surface area contributed by atoms with Crippen LogP contribution < -0.4 is 5.73 Å². The van der Waals surface area contributed by atoms with Gasteiger partial charge in [-0.25, -0.2) is 4.98 Å². The first-order chi connectivity index (χ1) is 7.56. The van der Waals surface area contributed by atoms with E-state index in [4.69, 9.17) is 5.73 Å². The molecule has 2 N–H and O–H groups in total. The molecule has 1 aromatic rings. The van der Waals surface area contributed by atoms with E-state index < -0.39 is 0 Å². The molecule has 0 atom stereocenters. The van der Waals surface area contributed by atoms with Gasteiger partial charge in [0.15, 0.2) is 5.13 Å². The molecular formula is C10H13N3O2S. The molecule has 0 bridgehead atoms. The monoisotopic (exact) mass is 239 g/mol. The third kappa shape index (κ3) is 2.21. The van der Waals surface area contributed by atoms with Crippen molar-refractivity contribution in [2.45, 2.75) is 26.3 Å². The molecule has 2 heterocycles. The molecule has 16 heavy (non-hydrogen) atoms. The molecule has 0 unspecified atom stereocenters. The second kappa shape index (κ2) is 4.21. The number of rotatable bonds is 2. The minimum absolute atomic E-state index is 0.101. The number of piperidine rings is 1. The minimum atomic E-state index is -0.101. The Labute approximate surface area is 97.3 Å². The van der Waals surface area contributed by atoms with E-state index in [0.717, 1.165) is 4.88 Å². The first kappa shape index (κ1) is 11.1. The number of likely N-dealkylation sites (tertiary alicyclic amines) is 1. The third-order valence-corrected chi connectivity index (χ3v) is 3.34. The average molecular weight is 239 g/mol. The normalized spacial score (nSPS) is 18.2. The highest BCUT2D eigenvalue weighted by molar-refractivity contribution is 7.15. The summed E-state index contributed by atoms with van der Waals surface area (Å²) >= 11 is 1.31. The van der Waals surface area contributed by atoms with Gasteiger partial charge in [-0.3, -0.25) is 14.5 Å². The molecule has 0 radical (unpaired) electrons. The molecule has 6 heteroatoms. The molecular weight excluding hydrogens is 226 g/mol. The van der Waals surface area contributed by atoms with Gasteiger partial charge in [0.1, 0.15) is 0 Å². The quantitative estimate of drug-likeness (QED) is 0.781. The summed E-state index contributed by atoms with van der Waals surface area (Å²) in [6, 6.07) is 0. The Balaban J connectivity index is 2.09. The van der Waals surface area contributed by atoms with Crippen molar-refractivity contribution in [3.8, 4) is 0 Å². The number of hydrogen-bond donors (Lipinski definition) is 1. The van der Waals surface area contributed by atoms with E-state index in [9.17, 15) is 9.59 Å². The number of aromatic nitrogens is 1. The van der Waals surface area contributed by atoms with Crippen LogP contribution >= 0.6 is 11.3 Å². The number of carbonyl (C=O) groups is 2. The molecule has 1 aromatic heterocycles. The molecule has 86 valence electrons. The number of thiazole rings is 1. The predicted molar refractivity (Wildman–Crippen MR) is 60.5 cm³/mol. The van der Waals surface area contributed by atoms with E-state index in [1.54, 1.807) is 6.20 Å². The van der Waals surface area contributed by atoms with Crippen molar-refractivity contribution in [2.24, 2.45) is 5.92 Å². The number of imide groups is 1. The van der Waals surface area contributed by atoms with Crippen molar-refractivity contribution in [1.29, 1.82) is 0 Å². The van der Waals surface area contributed by atoms with Crippen LogP contribution in [0.15, 0.2) is 6.20 Å². The third-order valence-electron chi connectivity index (χ3n) is 2.53. The number of nitrogen functional groups attached to an aromatic ring is 1. The van der Waals surface area contributed by atoms with E-state index in [1.165, 1.54) is 16.2 Å². The lowest BCUT2D eigenvalue weighted by molar-refractivity contribution is -0.150. The van der Waals surface area contributed by atoms with Gasteiger partial charge in [-0.2, -0.15) is 0 Å². The van der Waals surface area contributed by atoms with Crippen LogP contribution in [-0.2, 0) is 16.1 Å². The first-order valence-corrected chi connectivity index (χ1v) is 5.91. The van der Waals surface area contributed by atoms with Crippen molar-refractivity contribution >= 4 is 28.3 Å². The molecule has 1 fully saturated rings. The Morgan fingerprint density at radius 2 is 2.12 bits per heavy atom. The van der Waals surface area contributed by atoms with Gasteiger partial charge in [0.2, 0.25) is 11.8 Å². The van der Waals surface area contributed by atoms with Crippen molar-refractivity contribution in [2.75, 3.05) is 5.73 Å². The van der Waals surface area contributed by atoms with Crippen LogP contribution in [0.5, 0.6) is 0 Å². The molecule has 1 saturated heterocycles. The van der Waals surface area contributed by atoms with Gasteiger partial charge in [0.05, 0.1) is 6.54 Å². The molecule has 5 nitrogen and oxygen atoms in total. The number of carbonyl (C=O) groups excluding carboxylic acids is 2. The smallest absolute Gasteiger partial charge is 0.229 e. The summed E-state index contributed by atoms with van der Waals surface area (Å²) in [6.07, 6.45) is 2.50. The van der Waals surface area contributed by atoms with Gasteiger partial charge >= 0.3 is 0 Å². The fourth-order valence-electron chi connectivity index (χ4n) is 1.76. The maximum atomic E-state index is 11.7. The van der Waals surface area contributed by atoms with Gasteiger partial charge in [-0.1, -0.05) is 6.92 Å².